The van der Waals surface area contributed by atoms with Crippen molar-refractivity contribution in [3.05, 3.63) is 71.5 Å². The minimum Gasteiger partial charge on any atom is -0.457 e. The Morgan fingerprint density at radius 1 is 1.30 bits per heavy atom. The standard InChI is InChI=1S/C19H22N2O2/c1-5-17(12-18(14(3)20)15(4)21-6-2)19(22)23-13-16-10-8-7-9-11-16/h5-12,20H,4,13H2,1-3H3/b17-5+,18-12-,20-14?,21-6?. The molecular weight excluding hydrogens is 288 g/mol. The maximum absolute atomic E-state index is 12.2. The van der Waals surface area contributed by atoms with Crippen molar-refractivity contribution >= 4 is 17.9 Å². The molecule has 1 N–H and O–H groups in total. The number of carbonyl (C=O) groups is 1. The van der Waals surface area contributed by atoms with Gasteiger partial charge in [-0.3, -0.25) is 4.99 Å². The summed E-state index contributed by atoms with van der Waals surface area (Å²) in [5.74, 6) is -0.441. The number of esters is 1. The van der Waals surface area contributed by atoms with Crippen LogP contribution in [0.5, 0.6) is 0 Å². The zero-order valence-corrected chi connectivity index (χ0v) is 13.8. The SMILES string of the molecule is C=C(N=CC)/C(=C\C(=C/C)C(=O)OCc1ccccc1)C(C)=N. The second-order valence-electron chi connectivity index (χ2n) is 4.82. The lowest BCUT2D eigenvalue weighted by Crippen LogP contribution is -2.08. The Labute approximate surface area is 137 Å². The highest BCUT2D eigenvalue weighted by Crippen LogP contribution is 2.15. The molecule has 0 aliphatic heterocycles. The van der Waals surface area contributed by atoms with Crippen LogP contribution in [0.2, 0.25) is 0 Å². The van der Waals surface area contributed by atoms with E-state index in [1.807, 2.05) is 30.3 Å². The smallest absolute Gasteiger partial charge is 0.338 e. The van der Waals surface area contributed by atoms with Gasteiger partial charge in [0.05, 0.1) is 11.3 Å². The lowest BCUT2D eigenvalue weighted by Gasteiger charge is -2.09. The molecule has 4 heteroatoms. The van der Waals surface area contributed by atoms with E-state index >= 15 is 0 Å². The summed E-state index contributed by atoms with van der Waals surface area (Å²) in [6.07, 6.45) is 4.84. The minimum atomic E-state index is -0.441. The highest BCUT2D eigenvalue weighted by atomic mass is 16.5. The predicted molar refractivity (Wildman–Crippen MR) is 94.8 cm³/mol. The second-order valence-corrected chi connectivity index (χ2v) is 4.82. The fourth-order valence-electron chi connectivity index (χ4n) is 1.86. The summed E-state index contributed by atoms with van der Waals surface area (Å²) in [6.45, 7) is 9.17. The van der Waals surface area contributed by atoms with Gasteiger partial charge in [0, 0.05) is 17.5 Å². The Hall–Kier alpha value is -2.75. The van der Waals surface area contributed by atoms with Gasteiger partial charge in [0.15, 0.2) is 0 Å². The largest absolute Gasteiger partial charge is 0.457 e. The topological polar surface area (TPSA) is 62.5 Å². The summed E-state index contributed by atoms with van der Waals surface area (Å²) in [7, 11) is 0. The molecule has 0 saturated carbocycles. The van der Waals surface area contributed by atoms with E-state index in [1.165, 1.54) is 0 Å². The second kappa shape index (κ2) is 9.30. The molecule has 0 unspecified atom stereocenters. The van der Waals surface area contributed by atoms with Crippen molar-refractivity contribution in [1.82, 2.24) is 0 Å². The molecule has 0 saturated heterocycles. The Balaban J connectivity index is 2.89. The summed E-state index contributed by atoms with van der Waals surface area (Å²) in [4.78, 5) is 16.3. The van der Waals surface area contributed by atoms with Crippen molar-refractivity contribution in [2.75, 3.05) is 0 Å². The first-order chi connectivity index (χ1) is 11.0. The summed E-state index contributed by atoms with van der Waals surface area (Å²) >= 11 is 0. The van der Waals surface area contributed by atoms with Gasteiger partial charge in [-0.05, 0) is 32.4 Å². The number of rotatable bonds is 7. The molecule has 1 rings (SSSR count). The zero-order valence-electron chi connectivity index (χ0n) is 13.8. The number of benzene rings is 1. The number of carbonyl (C=O) groups excluding carboxylic acids is 1. The van der Waals surface area contributed by atoms with Gasteiger partial charge in [0.1, 0.15) is 6.61 Å². The molecule has 0 aliphatic rings. The van der Waals surface area contributed by atoms with E-state index in [2.05, 4.69) is 11.6 Å². The lowest BCUT2D eigenvalue weighted by atomic mass is 10.1. The van der Waals surface area contributed by atoms with Crippen LogP contribution >= 0.6 is 0 Å². The van der Waals surface area contributed by atoms with E-state index in [9.17, 15) is 4.79 Å². The van der Waals surface area contributed by atoms with E-state index in [-0.39, 0.29) is 12.3 Å². The fraction of sp³-hybridized carbons (Fsp3) is 0.211. The molecule has 0 aromatic heterocycles. The molecule has 23 heavy (non-hydrogen) atoms. The summed E-state index contributed by atoms with van der Waals surface area (Å²) in [5.41, 5.74) is 2.53. The van der Waals surface area contributed by atoms with Crippen LogP contribution in [-0.4, -0.2) is 17.9 Å². The molecular formula is C19H22N2O2. The van der Waals surface area contributed by atoms with Crippen LogP contribution in [0.1, 0.15) is 26.3 Å². The molecule has 0 atom stereocenters. The Kier molecular flexibility index (Phi) is 7.40. The van der Waals surface area contributed by atoms with Gasteiger partial charge in [0.2, 0.25) is 0 Å². The number of hydrogen-bond acceptors (Lipinski definition) is 4. The average molecular weight is 310 g/mol. The molecule has 120 valence electrons. The molecule has 1 aromatic rings. The molecule has 0 amide bonds. The van der Waals surface area contributed by atoms with Crippen LogP contribution < -0.4 is 0 Å². The number of allylic oxidation sites excluding steroid dienone is 2. The molecule has 0 heterocycles. The first-order valence-corrected chi connectivity index (χ1v) is 7.32. The van der Waals surface area contributed by atoms with Gasteiger partial charge < -0.3 is 10.1 Å². The number of nitrogens with zero attached hydrogens (tertiary/aromatic N) is 1. The third kappa shape index (κ3) is 5.87. The summed E-state index contributed by atoms with van der Waals surface area (Å²) in [6, 6.07) is 9.48. The number of ether oxygens (including phenoxy) is 1. The van der Waals surface area contributed by atoms with Crippen LogP contribution in [0.15, 0.2) is 70.9 Å². The van der Waals surface area contributed by atoms with Crippen molar-refractivity contribution in [2.24, 2.45) is 4.99 Å². The van der Waals surface area contributed by atoms with Gasteiger partial charge >= 0.3 is 5.97 Å². The van der Waals surface area contributed by atoms with Gasteiger partial charge in [-0.2, -0.15) is 0 Å². The highest BCUT2D eigenvalue weighted by Gasteiger charge is 2.12. The molecule has 0 fully saturated rings. The molecule has 0 radical (unpaired) electrons. The van der Waals surface area contributed by atoms with Crippen molar-refractivity contribution in [3.63, 3.8) is 0 Å². The maximum atomic E-state index is 12.2. The summed E-state index contributed by atoms with van der Waals surface area (Å²) < 4.78 is 5.31. The van der Waals surface area contributed by atoms with E-state index < -0.39 is 5.97 Å². The van der Waals surface area contributed by atoms with Gasteiger partial charge in [-0.15, -0.1) is 0 Å². The third-order valence-electron chi connectivity index (χ3n) is 3.06. The van der Waals surface area contributed by atoms with Crippen molar-refractivity contribution in [1.29, 1.82) is 5.41 Å². The Morgan fingerprint density at radius 2 is 1.96 bits per heavy atom. The van der Waals surface area contributed by atoms with Gasteiger partial charge in [-0.25, -0.2) is 4.79 Å². The average Bonchev–Trinajstić information content (AvgIpc) is 2.54. The molecule has 0 aliphatic carbocycles. The number of hydrogen-bond donors (Lipinski definition) is 1. The van der Waals surface area contributed by atoms with Crippen molar-refractivity contribution in [2.45, 2.75) is 27.4 Å². The normalized spacial score (nSPS) is 12.3. The maximum Gasteiger partial charge on any atom is 0.338 e. The van der Waals surface area contributed by atoms with E-state index in [1.54, 1.807) is 39.1 Å². The van der Waals surface area contributed by atoms with E-state index in [4.69, 9.17) is 10.1 Å². The molecule has 0 spiro atoms. The zero-order chi connectivity index (χ0) is 17.2. The van der Waals surface area contributed by atoms with Crippen LogP contribution in [0.4, 0.5) is 0 Å². The molecule has 1 aromatic carbocycles. The van der Waals surface area contributed by atoms with Crippen molar-refractivity contribution < 1.29 is 9.53 Å². The van der Waals surface area contributed by atoms with E-state index in [0.29, 0.717) is 16.8 Å². The van der Waals surface area contributed by atoms with Gasteiger partial charge in [-0.1, -0.05) is 43.0 Å². The van der Waals surface area contributed by atoms with Crippen molar-refractivity contribution in [3.8, 4) is 0 Å². The monoisotopic (exact) mass is 310 g/mol. The molecule has 0 bridgehead atoms. The first-order valence-electron chi connectivity index (χ1n) is 7.32. The quantitative estimate of drug-likeness (QED) is 0.354. The Bertz CT molecular complexity index is 668. The minimum absolute atomic E-state index is 0.206. The van der Waals surface area contributed by atoms with E-state index in [0.717, 1.165) is 5.56 Å². The van der Waals surface area contributed by atoms with Gasteiger partial charge in [0.25, 0.3) is 0 Å². The van der Waals surface area contributed by atoms with Crippen LogP contribution in [0.25, 0.3) is 0 Å². The first kappa shape index (κ1) is 18.3. The predicted octanol–water partition coefficient (Wildman–Crippen LogP) is 4.25. The summed E-state index contributed by atoms with van der Waals surface area (Å²) in [5, 5.41) is 7.82. The highest BCUT2D eigenvalue weighted by molar-refractivity contribution is 6.03. The number of aliphatic imine (C=N–C) groups is 1. The third-order valence-corrected chi connectivity index (χ3v) is 3.06. The van der Waals surface area contributed by atoms with Crippen LogP contribution in [0.3, 0.4) is 0 Å². The Morgan fingerprint density at radius 3 is 2.48 bits per heavy atom. The van der Waals surface area contributed by atoms with Crippen LogP contribution in [-0.2, 0) is 16.1 Å². The lowest BCUT2D eigenvalue weighted by molar-refractivity contribution is -0.139. The molecule has 4 nitrogen and oxygen atoms in total. The van der Waals surface area contributed by atoms with Crippen LogP contribution in [0, 0.1) is 5.41 Å². The fourth-order valence-corrected chi connectivity index (χ4v) is 1.86. The number of nitrogens with one attached hydrogen (secondary N) is 1.